The molecular weight excluding hydrogens is 239 g/mol. The van der Waals surface area contributed by atoms with Crippen molar-refractivity contribution in [3.8, 4) is 11.4 Å². The van der Waals surface area contributed by atoms with E-state index in [0.717, 1.165) is 0 Å². The maximum atomic E-state index is 12.8. The summed E-state index contributed by atoms with van der Waals surface area (Å²) in [6.07, 6.45) is 0. The number of rotatable bonds is 1. The maximum Gasteiger partial charge on any atom is 0.294 e. The van der Waals surface area contributed by atoms with Gasteiger partial charge < -0.3 is 4.52 Å². The fraction of sp³-hybridized carbons (Fsp3) is 0. The van der Waals surface area contributed by atoms with E-state index in [9.17, 15) is 4.39 Å². The lowest BCUT2D eigenvalue weighted by molar-refractivity contribution is 0.397. The molecule has 0 spiro atoms. The number of nitrogens with zero attached hydrogens (tertiary/aromatic N) is 2. The third kappa shape index (κ3) is 1.75. The van der Waals surface area contributed by atoms with Gasteiger partial charge in [0.25, 0.3) is 4.80 Å². The molecule has 0 N–H and O–H groups in total. The molecule has 0 unspecified atom stereocenters. The number of benzene rings is 1. The molecule has 0 fully saturated rings. The fourth-order valence-corrected chi connectivity index (χ4v) is 1.19. The minimum absolute atomic E-state index is 0.284. The van der Waals surface area contributed by atoms with Crippen LogP contribution < -0.4 is 0 Å². The van der Waals surface area contributed by atoms with Crippen molar-refractivity contribution in [1.29, 1.82) is 0 Å². The van der Waals surface area contributed by atoms with Gasteiger partial charge >= 0.3 is 0 Å². The van der Waals surface area contributed by atoms with Gasteiger partial charge in [-0.1, -0.05) is 17.3 Å². The van der Waals surface area contributed by atoms with Crippen molar-refractivity contribution in [2.24, 2.45) is 0 Å². The molecule has 0 aliphatic carbocycles. The average Bonchev–Trinajstić information content (AvgIpc) is 2.52. The molecule has 1 aromatic heterocycles. The third-order valence-corrected chi connectivity index (χ3v) is 1.81. The second-order valence-electron chi connectivity index (χ2n) is 2.38. The molecule has 66 valence electrons. The quantitative estimate of drug-likeness (QED) is 0.772. The van der Waals surface area contributed by atoms with Gasteiger partial charge in [-0.3, -0.25) is 0 Å². The Morgan fingerprint density at radius 2 is 2.23 bits per heavy atom. The second-order valence-corrected chi connectivity index (χ2v) is 3.06. The Hall–Kier alpha value is -1.23. The van der Waals surface area contributed by atoms with E-state index >= 15 is 0 Å². The second kappa shape index (κ2) is 3.26. The lowest BCUT2D eigenvalue weighted by Crippen LogP contribution is -1.81. The van der Waals surface area contributed by atoms with Crippen molar-refractivity contribution >= 4 is 15.9 Å². The standard InChI is InChI=1S/C8H4BrFN2O/c9-8-11-7(12-13-8)5-2-1-3-6(10)4-5/h1-4H. The van der Waals surface area contributed by atoms with Crippen LogP contribution in [0.3, 0.4) is 0 Å². The first-order valence-corrected chi connectivity index (χ1v) is 4.30. The highest BCUT2D eigenvalue weighted by molar-refractivity contribution is 9.10. The van der Waals surface area contributed by atoms with E-state index in [0.29, 0.717) is 11.4 Å². The summed E-state index contributed by atoms with van der Waals surface area (Å²) in [6.45, 7) is 0. The molecule has 0 saturated carbocycles. The van der Waals surface area contributed by atoms with Gasteiger partial charge in [-0.25, -0.2) is 4.39 Å². The summed E-state index contributed by atoms with van der Waals surface area (Å²) in [5.41, 5.74) is 0.592. The van der Waals surface area contributed by atoms with Crippen molar-refractivity contribution < 1.29 is 8.91 Å². The predicted molar refractivity (Wildman–Crippen MR) is 47.4 cm³/mol. The molecule has 0 aliphatic rings. The zero-order valence-electron chi connectivity index (χ0n) is 6.37. The molecule has 5 heteroatoms. The summed E-state index contributed by atoms with van der Waals surface area (Å²) in [6, 6.07) is 6.01. The van der Waals surface area contributed by atoms with Crippen LogP contribution in [-0.4, -0.2) is 10.1 Å². The van der Waals surface area contributed by atoms with E-state index < -0.39 is 0 Å². The third-order valence-electron chi connectivity index (χ3n) is 1.48. The lowest BCUT2D eigenvalue weighted by Gasteiger charge is -1.92. The summed E-state index contributed by atoms with van der Waals surface area (Å²) >= 11 is 3.01. The Morgan fingerprint density at radius 1 is 1.38 bits per heavy atom. The van der Waals surface area contributed by atoms with Crippen LogP contribution in [-0.2, 0) is 0 Å². The molecular formula is C8H4BrFN2O. The molecule has 0 bridgehead atoms. The maximum absolute atomic E-state index is 12.8. The first-order chi connectivity index (χ1) is 6.25. The van der Waals surface area contributed by atoms with Gasteiger partial charge in [0, 0.05) is 21.5 Å². The summed E-state index contributed by atoms with van der Waals surface area (Å²) in [7, 11) is 0. The predicted octanol–water partition coefficient (Wildman–Crippen LogP) is 2.64. The molecule has 13 heavy (non-hydrogen) atoms. The Morgan fingerprint density at radius 3 is 2.85 bits per heavy atom. The summed E-state index contributed by atoms with van der Waals surface area (Å²) in [5.74, 6) is 0.0461. The highest BCUT2D eigenvalue weighted by atomic mass is 79.9. The normalized spacial score (nSPS) is 10.3. The van der Waals surface area contributed by atoms with Crippen LogP contribution in [0.5, 0.6) is 0 Å². The van der Waals surface area contributed by atoms with Gasteiger partial charge in [0.2, 0.25) is 5.82 Å². The highest BCUT2D eigenvalue weighted by Crippen LogP contribution is 2.18. The summed E-state index contributed by atoms with van der Waals surface area (Å²) in [4.78, 5) is 4.18. The highest BCUT2D eigenvalue weighted by Gasteiger charge is 2.06. The van der Waals surface area contributed by atoms with E-state index in [4.69, 9.17) is 4.52 Å². The van der Waals surface area contributed by atoms with Gasteiger partial charge in [0.1, 0.15) is 5.82 Å². The van der Waals surface area contributed by atoms with E-state index in [1.807, 2.05) is 0 Å². The molecule has 1 aromatic carbocycles. The first-order valence-electron chi connectivity index (χ1n) is 3.51. The summed E-state index contributed by atoms with van der Waals surface area (Å²) in [5, 5.41) is 3.63. The van der Waals surface area contributed by atoms with Crippen molar-refractivity contribution in [3.63, 3.8) is 0 Å². The Labute approximate surface area is 81.7 Å². The van der Waals surface area contributed by atoms with Gasteiger partial charge in [0.05, 0.1) is 0 Å². The fourth-order valence-electron chi connectivity index (χ4n) is 0.950. The molecule has 0 aliphatic heterocycles. The van der Waals surface area contributed by atoms with E-state index in [1.165, 1.54) is 12.1 Å². The largest absolute Gasteiger partial charge is 0.326 e. The van der Waals surface area contributed by atoms with E-state index in [-0.39, 0.29) is 10.6 Å². The monoisotopic (exact) mass is 242 g/mol. The van der Waals surface area contributed by atoms with Gasteiger partial charge in [-0.15, -0.1) is 0 Å². The Kier molecular flexibility index (Phi) is 2.10. The van der Waals surface area contributed by atoms with Crippen LogP contribution in [0, 0.1) is 5.82 Å². The minimum Gasteiger partial charge on any atom is -0.326 e. The molecule has 2 rings (SSSR count). The van der Waals surface area contributed by atoms with Crippen LogP contribution >= 0.6 is 15.9 Å². The molecule has 0 saturated heterocycles. The van der Waals surface area contributed by atoms with Gasteiger partial charge in [-0.2, -0.15) is 4.98 Å². The van der Waals surface area contributed by atoms with Crippen LogP contribution in [0.1, 0.15) is 0 Å². The van der Waals surface area contributed by atoms with Crippen LogP contribution in [0.25, 0.3) is 11.4 Å². The molecule has 0 radical (unpaired) electrons. The number of aromatic nitrogens is 2. The molecule has 2 aromatic rings. The molecule has 1 heterocycles. The van der Waals surface area contributed by atoms with E-state index in [1.54, 1.807) is 12.1 Å². The number of hydrogen-bond donors (Lipinski definition) is 0. The van der Waals surface area contributed by atoms with Gasteiger partial charge in [0.15, 0.2) is 0 Å². The van der Waals surface area contributed by atoms with Crippen LogP contribution in [0.15, 0.2) is 33.6 Å². The van der Waals surface area contributed by atoms with Crippen molar-refractivity contribution in [1.82, 2.24) is 10.1 Å². The number of hydrogen-bond acceptors (Lipinski definition) is 3. The van der Waals surface area contributed by atoms with Crippen LogP contribution in [0.2, 0.25) is 0 Å². The minimum atomic E-state index is -0.321. The van der Waals surface area contributed by atoms with Crippen molar-refractivity contribution in [2.75, 3.05) is 0 Å². The zero-order chi connectivity index (χ0) is 9.26. The Balaban J connectivity index is 2.46. The van der Waals surface area contributed by atoms with Crippen LogP contribution in [0.4, 0.5) is 4.39 Å². The average molecular weight is 243 g/mol. The summed E-state index contributed by atoms with van der Waals surface area (Å²) < 4.78 is 17.5. The smallest absolute Gasteiger partial charge is 0.294 e. The number of halogens is 2. The van der Waals surface area contributed by atoms with Gasteiger partial charge in [-0.05, 0) is 12.1 Å². The van der Waals surface area contributed by atoms with Crippen molar-refractivity contribution in [2.45, 2.75) is 0 Å². The lowest BCUT2D eigenvalue weighted by atomic mass is 10.2. The topological polar surface area (TPSA) is 38.9 Å². The molecule has 0 amide bonds. The first kappa shape index (κ1) is 8.37. The SMILES string of the molecule is Fc1cccc(-c2noc(Br)n2)c1. The molecule has 3 nitrogen and oxygen atoms in total. The van der Waals surface area contributed by atoms with E-state index in [2.05, 4.69) is 26.1 Å². The zero-order valence-corrected chi connectivity index (χ0v) is 7.95. The molecule has 0 atom stereocenters. The van der Waals surface area contributed by atoms with Crippen molar-refractivity contribution in [3.05, 3.63) is 34.9 Å². The Bertz CT molecular complexity index is 430.